The molecule has 1 N–H and O–H groups in total. The molecule has 5 aromatic carbocycles. The Bertz CT molecular complexity index is 1910. The number of hydrogen-bond donors (Lipinski definition) is 1. The molecule has 5 aromatic rings. The van der Waals surface area contributed by atoms with E-state index in [1.54, 1.807) is 28.4 Å². The Labute approximate surface area is 269 Å². The SMILES string of the molecule is CCCCC1(O)c2ccccc2-c2c1c1c(c3cc(OC)c(OC)cc23)OC(c2ccc(OC)cc2)(c2ccc(OC)cc2)C=C1. The van der Waals surface area contributed by atoms with Gasteiger partial charge in [0.2, 0.25) is 0 Å². The van der Waals surface area contributed by atoms with Gasteiger partial charge in [-0.3, -0.25) is 0 Å². The number of hydrogen-bond acceptors (Lipinski definition) is 6. The Hall–Kier alpha value is -4.94. The van der Waals surface area contributed by atoms with Crippen LogP contribution in [0.25, 0.3) is 28.0 Å². The summed E-state index contributed by atoms with van der Waals surface area (Å²) in [6, 6.07) is 28.1. The molecule has 234 valence electrons. The monoisotopic (exact) mass is 614 g/mol. The molecule has 1 unspecified atom stereocenters. The van der Waals surface area contributed by atoms with Crippen molar-refractivity contribution < 1.29 is 28.8 Å². The first-order valence-electron chi connectivity index (χ1n) is 15.7. The summed E-state index contributed by atoms with van der Waals surface area (Å²) in [6.07, 6.45) is 6.66. The van der Waals surface area contributed by atoms with Gasteiger partial charge in [0.05, 0.1) is 28.4 Å². The van der Waals surface area contributed by atoms with Gasteiger partial charge in [-0.15, -0.1) is 0 Å². The Balaban J connectivity index is 1.57. The molecule has 0 saturated heterocycles. The molecule has 0 amide bonds. The van der Waals surface area contributed by atoms with Crippen LogP contribution in [0.4, 0.5) is 0 Å². The van der Waals surface area contributed by atoms with E-state index in [9.17, 15) is 5.11 Å². The van der Waals surface area contributed by atoms with Crippen molar-refractivity contribution in [2.24, 2.45) is 0 Å². The summed E-state index contributed by atoms with van der Waals surface area (Å²) < 4.78 is 30.0. The summed E-state index contributed by atoms with van der Waals surface area (Å²) in [4.78, 5) is 0. The number of aliphatic hydroxyl groups is 1. The summed E-state index contributed by atoms with van der Waals surface area (Å²) in [5, 5.41) is 14.6. The molecule has 1 aliphatic carbocycles. The molecular weight excluding hydrogens is 576 g/mol. The van der Waals surface area contributed by atoms with Crippen LogP contribution < -0.4 is 23.7 Å². The number of rotatable bonds is 9. The van der Waals surface area contributed by atoms with E-state index in [0.717, 1.165) is 74.1 Å². The summed E-state index contributed by atoms with van der Waals surface area (Å²) in [7, 11) is 6.61. The van der Waals surface area contributed by atoms with Gasteiger partial charge in [0.25, 0.3) is 0 Å². The van der Waals surface area contributed by atoms with E-state index in [2.05, 4.69) is 31.2 Å². The molecule has 2 aliphatic rings. The highest BCUT2D eigenvalue weighted by Crippen LogP contribution is 2.59. The Morgan fingerprint density at radius 1 is 0.717 bits per heavy atom. The van der Waals surface area contributed by atoms with E-state index >= 15 is 0 Å². The standard InChI is InChI=1S/C40H38O6/c1-6-7-21-39(41)33-11-9-8-10-29(33)36-31-23-34(44-4)35(45-5)24-32(31)38-30(37(36)39)20-22-40(46-38,25-12-16-27(42-2)17-13-25)26-14-18-28(43-3)19-15-26/h8-20,22-24,41H,6-7,21H2,1-5H3. The van der Waals surface area contributed by atoms with Gasteiger partial charge in [0, 0.05) is 27.6 Å². The summed E-state index contributed by atoms with van der Waals surface area (Å²) >= 11 is 0. The van der Waals surface area contributed by atoms with Crippen LogP contribution in [0.3, 0.4) is 0 Å². The maximum atomic E-state index is 12.8. The minimum atomic E-state index is -1.19. The second-order valence-corrected chi connectivity index (χ2v) is 11.9. The number of ether oxygens (including phenoxy) is 5. The summed E-state index contributed by atoms with van der Waals surface area (Å²) in [5.74, 6) is 3.40. The zero-order chi connectivity index (χ0) is 32.1. The molecule has 0 aromatic heterocycles. The fourth-order valence-corrected chi connectivity index (χ4v) is 7.22. The van der Waals surface area contributed by atoms with Crippen molar-refractivity contribution >= 4 is 16.8 Å². The molecule has 1 heterocycles. The predicted octanol–water partition coefficient (Wildman–Crippen LogP) is 8.63. The molecule has 0 bridgehead atoms. The maximum absolute atomic E-state index is 12.8. The van der Waals surface area contributed by atoms with E-state index in [1.807, 2.05) is 72.8 Å². The van der Waals surface area contributed by atoms with Gasteiger partial charge in [-0.1, -0.05) is 74.4 Å². The highest BCUT2D eigenvalue weighted by atomic mass is 16.5. The number of unbranched alkanes of at least 4 members (excludes halogenated alkanes) is 1. The highest BCUT2D eigenvalue weighted by molar-refractivity contribution is 6.09. The largest absolute Gasteiger partial charge is 0.497 e. The Kier molecular flexibility index (Phi) is 7.41. The van der Waals surface area contributed by atoms with Crippen LogP contribution in [0, 0.1) is 0 Å². The summed E-state index contributed by atoms with van der Waals surface area (Å²) in [6.45, 7) is 2.15. The van der Waals surface area contributed by atoms with Crippen molar-refractivity contribution in [3.8, 4) is 39.9 Å². The molecule has 6 heteroatoms. The quantitative estimate of drug-likeness (QED) is 0.179. The molecule has 6 nitrogen and oxygen atoms in total. The topological polar surface area (TPSA) is 66.4 Å². The van der Waals surface area contributed by atoms with E-state index in [1.165, 1.54) is 0 Å². The van der Waals surface area contributed by atoms with E-state index < -0.39 is 11.2 Å². The zero-order valence-corrected chi connectivity index (χ0v) is 26.8. The number of methoxy groups -OCH3 is 4. The molecule has 0 saturated carbocycles. The molecule has 1 aliphatic heterocycles. The molecule has 1 atom stereocenters. The molecule has 0 spiro atoms. The smallest absolute Gasteiger partial charge is 0.178 e. The zero-order valence-electron chi connectivity index (χ0n) is 26.8. The van der Waals surface area contributed by atoms with Crippen LogP contribution in [-0.2, 0) is 11.2 Å². The second kappa shape index (κ2) is 11.5. The molecule has 46 heavy (non-hydrogen) atoms. The first-order valence-corrected chi connectivity index (χ1v) is 15.7. The van der Waals surface area contributed by atoms with E-state index in [-0.39, 0.29) is 0 Å². The minimum absolute atomic E-state index is 0.592. The van der Waals surface area contributed by atoms with Crippen LogP contribution in [0.2, 0.25) is 0 Å². The van der Waals surface area contributed by atoms with Crippen molar-refractivity contribution in [2.75, 3.05) is 28.4 Å². The van der Waals surface area contributed by atoms with Crippen LogP contribution in [0.5, 0.6) is 28.7 Å². The molecule has 0 radical (unpaired) electrons. The third kappa shape index (κ3) is 4.35. The van der Waals surface area contributed by atoms with Crippen molar-refractivity contribution in [1.82, 2.24) is 0 Å². The lowest BCUT2D eigenvalue weighted by Gasteiger charge is -2.38. The van der Waals surface area contributed by atoms with Crippen molar-refractivity contribution in [3.63, 3.8) is 0 Å². The molecule has 0 fully saturated rings. The average Bonchev–Trinajstić information content (AvgIpc) is 3.38. The predicted molar refractivity (Wildman–Crippen MR) is 181 cm³/mol. The van der Waals surface area contributed by atoms with Crippen LogP contribution in [-0.4, -0.2) is 33.5 Å². The third-order valence-electron chi connectivity index (χ3n) is 9.53. The highest BCUT2D eigenvalue weighted by Gasteiger charge is 2.47. The number of fused-ring (bicyclic) bond motifs is 8. The van der Waals surface area contributed by atoms with Gasteiger partial charge in [-0.05, 0) is 71.0 Å². The average molecular weight is 615 g/mol. The first kappa shape index (κ1) is 29.8. The first-order chi connectivity index (χ1) is 22.4. The van der Waals surface area contributed by atoms with Gasteiger partial charge >= 0.3 is 0 Å². The van der Waals surface area contributed by atoms with Crippen LogP contribution in [0.1, 0.15) is 54.0 Å². The fourth-order valence-electron chi connectivity index (χ4n) is 7.22. The third-order valence-corrected chi connectivity index (χ3v) is 9.53. The second-order valence-electron chi connectivity index (χ2n) is 11.9. The van der Waals surface area contributed by atoms with Crippen LogP contribution in [0.15, 0.2) is 91.0 Å². The van der Waals surface area contributed by atoms with Gasteiger partial charge in [-0.2, -0.15) is 0 Å². The van der Waals surface area contributed by atoms with Gasteiger partial charge in [0.15, 0.2) is 17.1 Å². The minimum Gasteiger partial charge on any atom is -0.497 e. The van der Waals surface area contributed by atoms with Crippen molar-refractivity contribution in [1.29, 1.82) is 0 Å². The van der Waals surface area contributed by atoms with E-state index in [4.69, 9.17) is 23.7 Å². The normalized spacial score (nSPS) is 17.1. The summed E-state index contributed by atoms with van der Waals surface area (Å²) in [5.41, 5.74) is 4.34. The van der Waals surface area contributed by atoms with Crippen molar-refractivity contribution in [3.05, 3.63) is 119 Å². The van der Waals surface area contributed by atoms with E-state index in [0.29, 0.717) is 23.7 Å². The maximum Gasteiger partial charge on any atom is 0.178 e. The lowest BCUT2D eigenvalue weighted by atomic mass is 9.79. The van der Waals surface area contributed by atoms with Crippen LogP contribution >= 0.6 is 0 Å². The fraction of sp³-hybridized carbons (Fsp3) is 0.250. The molecular formula is C40H38O6. The Morgan fingerprint density at radius 3 is 1.87 bits per heavy atom. The number of benzene rings is 5. The lowest BCUT2D eigenvalue weighted by Crippen LogP contribution is -2.35. The molecule has 7 rings (SSSR count). The van der Waals surface area contributed by atoms with Gasteiger partial charge in [-0.25, -0.2) is 0 Å². The van der Waals surface area contributed by atoms with Gasteiger partial charge < -0.3 is 28.8 Å². The van der Waals surface area contributed by atoms with Crippen molar-refractivity contribution in [2.45, 2.75) is 37.4 Å². The lowest BCUT2D eigenvalue weighted by molar-refractivity contribution is 0.0721. The van der Waals surface area contributed by atoms with Gasteiger partial charge in [0.1, 0.15) is 22.8 Å². The Morgan fingerprint density at radius 2 is 1.30 bits per heavy atom.